The van der Waals surface area contributed by atoms with Crippen LogP contribution in [-0.2, 0) is 0 Å². The molecule has 0 radical (unpaired) electrons. The van der Waals surface area contributed by atoms with Gasteiger partial charge in [-0.1, -0.05) is 54.6 Å². The summed E-state index contributed by atoms with van der Waals surface area (Å²) in [5.74, 6) is 0. The molecule has 0 aliphatic rings. The maximum Gasteiger partial charge on any atom is 0.0786 e. The van der Waals surface area contributed by atoms with Crippen molar-refractivity contribution in [1.29, 1.82) is 0 Å². The quantitative estimate of drug-likeness (QED) is 0.451. The molecule has 0 spiro atoms. The second-order valence-corrected chi connectivity index (χ2v) is 7.64. The monoisotopic (exact) mass is 369 g/mol. The van der Waals surface area contributed by atoms with Gasteiger partial charge in [-0.2, -0.15) is 0 Å². The van der Waals surface area contributed by atoms with Gasteiger partial charge in [0.1, 0.15) is 0 Å². The van der Waals surface area contributed by atoms with Crippen molar-refractivity contribution < 1.29 is 0 Å². The Morgan fingerprint density at radius 2 is 1.43 bits per heavy atom. The van der Waals surface area contributed by atoms with Crippen molar-refractivity contribution in [3.63, 3.8) is 0 Å². The van der Waals surface area contributed by atoms with Gasteiger partial charge in [-0.15, -0.1) is 0 Å². The van der Waals surface area contributed by atoms with E-state index in [0.29, 0.717) is 0 Å². The van der Waals surface area contributed by atoms with E-state index in [1.165, 1.54) is 32.8 Å². The highest BCUT2D eigenvalue weighted by molar-refractivity contribution is 6.07. The highest BCUT2D eigenvalue weighted by Gasteiger charge is 2.13. The third kappa shape index (κ3) is 3.58. The molecule has 4 aromatic rings. The second-order valence-electron chi connectivity index (χ2n) is 7.64. The van der Waals surface area contributed by atoms with Crippen LogP contribution in [0.5, 0.6) is 0 Å². The fourth-order valence-corrected chi connectivity index (χ4v) is 3.90. The van der Waals surface area contributed by atoms with Gasteiger partial charge in [0.2, 0.25) is 0 Å². The molecule has 0 amide bonds. The van der Waals surface area contributed by atoms with E-state index in [2.05, 4.69) is 97.7 Å². The molecular formula is C25H27N3. The highest BCUT2D eigenvalue weighted by Crippen LogP contribution is 2.36. The summed E-state index contributed by atoms with van der Waals surface area (Å²) in [5.41, 5.74) is 3.52. The first-order valence-corrected chi connectivity index (χ1v) is 9.87. The molecule has 0 aliphatic heterocycles. The molecule has 0 bridgehead atoms. The molecule has 3 nitrogen and oxygen atoms in total. The van der Waals surface area contributed by atoms with Crippen molar-refractivity contribution in [3.8, 4) is 11.3 Å². The Morgan fingerprint density at radius 1 is 0.714 bits per heavy atom. The topological polar surface area (TPSA) is 19.4 Å². The van der Waals surface area contributed by atoms with Gasteiger partial charge >= 0.3 is 0 Å². The predicted molar refractivity (Wildman–Crippen MR) is 121 cm³/mol. The SMILES string of the molecule is CN(C)CCCN(C)c1ccc(-c2nccc3ccccc23)c2ccccc12. The minimum atomic E-state index is 1.04. The summed E-state index contributed by atoms with van der Waals surface area (Å²) >= 11 is 0. The molecule has 0 saturated heterocycles. The highest BCUT2D eigenvalue weighted by atomic mass is 15.1. The zero-order valence-corrected chi connectivity index (χ0v) is 16.9. The summed E-state index contributed by atoms with van der Waals surface area (Å²) in [7, 11) is 6.44. The standard InChI is InChI=1S/C25H27N3/c1-27(2)17-8-18-28(3)24-14-13-23(21-11-6-7-12-22(21)24)25-20-10-5-4-9-19(20)15-16-26-25/h4-7,9-16H,8,17-18H2,1-3H3. The molecular weight excluding hydrogens is 342 g/mol. The van der Waals surface area contributed by atoms with Gasteiger partial charge in [-0.05, 0) is 50.0 Å². The molecule has 1 heterocycles. The maximum absolute atomic E-state index is 4.75. The van der Waals surface area contributed by atoms with E-state index in [9.17, 15) is 0 Å². The van der Waals surface area contributed by atoms with Crippen molar-refractivity contribution in [1.82, 2.24) is 9.88 Å². The van der Waals surface area contributed by atoms with E-state index in [4.69, 9.17) is 4.98 Å². The summed E-state index contributed by atoms with van der Waals surface area (Å²) < 4.78 is 0. The summed E-state index contributed by atoms with van der Waals surface area (Å²) in [4.78, 5) is 9.36. The Hall–Kier alpha value is -2.91. The number of fused-ring (bicyclic) bond motifs is 2. The Bertz CT molecular complexity index is 1100. The van der Waals surface area contributed by atoms with E-state index >= 15 is 0 Å². The first-order valence-electron chi connectivity index (χ1n) is 9.87. The molecule has 0 aliphatic carbocycles. The lowest BCUT2D eigenvalue weighted by Crippen LogP contribution is -2.23. The van der Waals surface area contributed by atoms with Crippen LogP contribution in [-0.4, -0.2) is 44.1 Å². The van der Waals surface area contributed by atoms with Crippen LogP contribution < -0.4 is 4.90 Å². The minimum absolute atomic E-state index is 1.04. The lowest BCUT2D eigenvalue weighted by molar-refractivity contribution is 0.402. The Morgan fingerprint density at radius 3 is 2.21 bits per heavy atom. The lowest BCUT2D eigenvalue weighted by atomic mass is 9.97. The molecule has 142 valence electrons. The number of hydrogen-bond donors (Lipinski definition) is 0. The Labute approximate surface area is 167 Å². The maximum atomic E-state index is 4.75. The largest absolute Gasteiger partial charge is 0.374 e. The van der Waals surface area contributed by atoms with Crippen molar-refractivity contribution >= 4 is 27.2 Å². The summed E-state index contributed by atoms with van der Waals surface area (Å²) in [6.07, 6.45) is 3.05. The van der Waals surface area contributed by atoms with Crippen molar-refractivity contribution in [2.24, 2.45) is 0 Å². The first-order chi connectivity index (χ1) is 13.6. The zero-order valence-electron chi connectivity index (χ0n) is 16.9. The normalized spacial score (nSPS) is 11.4. The number of nitrogens with zero attached hydrogens (tertiary/aromatic N) is 3. The number of benzene rings is 3. The molecule has 0 atom stereocenters. The average molecular weight is 370 g/mol. The van der Waals surface area contributed by atoms with Gasteiger partial charge in [-0.25, -0.2) is 0 Å². The van der Waals surface area contributed by atoms with Crippen LogP contribution in [0.1, 0.15) is 6.42 Å². The third-order valence-electron chi connectivity index (χ3n) is 5.34. The molecule has 28 heavy (non-hydrogen) atoms. The zero-order chi connectivity index (χ0) is 19.5. The number of aromatic nitrogens is 1. The fourth-order valence-electron chi connectivity index (χ4n) is 3.90. The fraction of sp³-hybridized carbons (Fsp3) is 0.240. The minimum Gasteiger partial charge on any atom is -0.374 e. The van der Waals surface area contributed by atoms with Crippen LogP contribution in [0.4, 0.5) is 5.69 Å². The molecule has 3 heteroatoms. The summed E-state index contributed by atoms with van der Waals surface area (Å²) in [6.45, 7) is 2.13. The van der Waals surface area contributed by atoms with Gasteiger partial charge in [0.05, 0.1) is 5.69 Å². The number of pyridine rings is 1. The third-order valence-corrected chi connectivity index (χ3v) is 5.34. The van der Waals surface area contributed by atoms with E-state index in [0.717, 1.165) is 25.2 Å². The average Bonchev–Trinajstić information content (AvgIpc) is 2.72. The smallest absolute Gasteiger partial charge is 0.0786 e. The van der Waals surface area contributed by atoms with Crippen molar-refractivity contribution in [3.05, 3.63) is 72.9 Å². The molecule has 0 saturated carbocycles. The van der Waals surface area contributed by atoms with E-state index in [-0.39, 0.29) is 0 Å². The molecule has 0 unspecified atom stereocenters. The Balaban J connectivity index is 1.80. The van der Waals surface area contributed by atoms with Crippen LogP contribution in [0.15, 0.2) is 72.9 Å². The number of hydrogen-bond acceptors (Lipinski definition) is 3. The number of rotatable bonds is 6. The summed E-state index contributed by atoms with van der Waals surface area (Å²) in [6, 6.07) is 23.7. The van der Waals surface area contributed by atoms with E-state index < -0.39 is 0 Å². The van der Waals surface area contributed by atoms with Gasteiger partial charge in [0, 0.05) is 41.8 Å². The van der Waals surface area contributed by atoms with E-state index in [1.807, 2.05) is 6.20 Å². The molecule has 3 aromatic carbocycles. The first kappa shape index (κ1) is 18.5. The van der Waals surface area contributed by atoms with Crippen LogP contribution in [0.25, 0.3) is 32.8 Å². The van der Waals surface area contributed by atoms with Crippen LogP contribution in [0.3, 0.4) is 0 Å². The number of anilines is 1. The van der Waals surface area contributed by atoms with Gasteiger partial charge in [0.15, 0.2) is 0 Å². The van der Waals surface area contributed by atoms with Crippen molar-refractivity contribution in [2.75, 3.05) is 39.1 Å². The van der Waals surface area contributed by atoms with Gasteiger partial charge in [-0.3, -0.25) is 4.98 Å². The molecule has 0 fully saturated rings. The molecule has 4 rings (SSSR count). The van der Waals surface area contributed by atoms with Crippen LogP contribution in [0.2, 0.25) is 0 Å². The predicted octanol–water partition coefficient (Wildman–Crippen LogP) is 5.44. The van der Waals surface area contributed by atoms with Crippen LogP contribution >= 0.6 is 0 Å². The van der Waals surface area contributed by atoms with Gasteiger partial charge in [0.25, 0.3) is 0 Å². The van der Waals surface area contributed by atoms with E-state index in [1.54, 1.807) is 0 Å². The Kier molecular flexibility index (Phi) is 5.27. The lowest BCUT2D eigenvalue weighted by Gasteiger charge is -2.23. The molecule has 0 N–H and O–H groups in total. The van der Waals surface area contributed by atoms with Crippen molar-refractivity contribution in [2.45, 2.75) is 6.42 Å². The second kappa shape index (κ2) is 7.99. The van der Waals surface area contributed by atoms with Crippen LogP contribution in [0, 0.1) is 0 Å². The van der Waals surface area contributed by atoms with Gasteiger partial charge < -0.3 is 9.80 Å². The molecule has 1 aromatic heterocycles. The summed E-state index contributed by atoms with van der Waals surface area (Å²) in [5, 5.41) is 4.95.